The summed E-state index contributed by atoms with van der Waals surface area (Å²) in [6, 6.07) is 0. The fourth-order valence-electron chi connectivity index (χ4n) is 8.81. The molecule has 0 N–H and O–H groups in total. The van der Waals surface area contributed by atoms with Gasteiger partial charge in [0.2, 0.25) is 0 Å². The molecule has 0 radical (unpaired) electrons. The molecule has 4 aliphatic rings. The number of carbonyl (C=O) groups excluding carboxylic acids is 1. The van der Waals surface area contributed by atoms with Gasteiger partial charge in [-0.1, -0.05) is 66.5 Å². The van der Waals surface area contributed by atoms with E-state index in [9.17, 15) is 4.79 Å². The molecule has 4 rings (SSSR count). The molecule has 4 aliphatic carbocycles. The van der Waals surface area contributed by atoms with Gasteiger partial charge in [0.15, 0.2) is 0 Å². The molecule has 2 fully saturated rings. The molecule has 0 aliphatic heterocycles. The summed E-state index contributed by atoms with van der Waals surface area (Å²) in [5.74, 6) is 4.63. The van der Waals surface area contributed by atoms with Gasteiger partial charge in [0.05, 0.1) is 0 Å². The second kappa shape index (κ2) is 9.54. The van der Waals surface area contributed by atoms with Crippen molar-refractivity contribution in [1.29, 1.82) is 0 Å². The summed E-state index contributed by atoms with van der Waals surface area (Å²) in [4.78, 5) is 11.5. The Morgan fingerprint density at radius 2 is 1.88 bits per heavy atom. The highest BCUT2D eigenvalue weighted by Gasteiger charge is 2.55. The summed E-state index contributed by atoms with van der Waals surface area (Å²) in [6.07, 6.45) is 18.0. The number of rotatable bonds is 7. The van der Waals surface area contributed by atoms with Crippen LogP contribution in [-0.4, -0.2) is 12.1 Å². The first-order chi connectivity index (χ1) is 15.6. The molecule has 0 aromatic rings. The number of fused-ring (bicyclic) bond motifs is 5. The Balaban J connectivity index is 1.49. The van der Waals surface area contributed by atoms with Crippen LogP contribution >= 0.6 is 0 Å². The van der Waals surface area contributed by atoms with Gasteiger partial charge in [-0.25, -0.2) is 0 Å². The molecule has 0 saturated heterocycles. The van der Waals surface area contributed by atoms with E-state index >= 15 is 0 Å². The van der Waals surface area contributed by atoms with Crippen molar-refractivity contribution in [1.82, 2.24) is 0 Å². The van der Waals surface area contributed by atoms with Crippen molar-refractivity contribution < 1.29 is 9.53 Å². The van der Waals surface area contributed by atoms with Crippen molar-refractivity contribution >= 4 is 5.97 Å². The van der Waals surface area contributed by atoms with E-state index in [-0.39, 0.29) is 17.5 Å². The van der Waals surface area contributed by atoms with E-state index in [2.05, 4.69) is 53.7 Å². The van der Waals surface area contributed by atoms with Gasteiger partial charge in [0.1, 0.15) is 6.10 Å². The zero-order valence-electron chi connectivity index (χ0n) is 22.6. The largest absolute Gasteiger partial charge is 0.463 e. The highest BCUT2D eigenvalue weighted by Crippen LogP contribution is 2.65. The van der Waals surface area contributed by atoms with Crippen LogP contribution in [-0.2, 0) is 9.53 Å². The maximum Gasteiger partial charge on any atom is 0.302 e. The lowest BCUT2D eigenvalue weighted by Crippen LogP contribution is -2.45. The number of carbonyl (C=O) groups is 1. The molecule has 0 aromatic heterocycles. The molecular weight excluding hydrogens is 404 g/mol. The van der Waals surface area contributed by atoms with E-state index in [1.54, 1.807) is 18.1 Å². The molecule has 2 saturated carbocycles. The number of hydrogen-bond acceptors (Lipinski definition) is 2. The third-order valence-corrected chi connectivity index (χ3v) is 11.0. The van der Waals surface area contributed by atoms with Crippen molar-refractivity contribution in [3.05, 3.63) is 23.3 Å². The summed E-state index contributed by atoms with van der Waals surface area (Å²) in [7, 11) is 0. The minimum atomic E-state index is -0.118. The average Bonchev–Trinajstić information content (AvgIpc) is 3.11. The maximum absolute atomic E-state index is 11.5. The Hall–Kier alpha value is -1.05. The standard InChI is InChI=1S/C31H50O2/c1-8-23(20(2)3)10-9-21(4)27-13-14-28-26-12-11-24-19-25(33-22(5)32)15-17-30(24,6)29(26)16-18-31(27,28)7/h12,16,20-21,23-25,27-28H,8-11,13-15,17-19H2,1-7H3. The van der Waals surface area contributed by atoms with Crippen molar-refractivity contribution in [3.63, 3.8) is 0 Å². The monoisotopic (exact) mass is 454 g/mol. The van der Waals surface area contributed by atoms with E-state index in [4.69, 9.17) is 4.74 Å². The van der Waals surface area contributed by atoms with E-state index in [1.807, 2.05) is 0 Å². The molecule has 8 unspecified atom stereocenters. The Morgan fingerprint density at radius 3 is 2.55 bits per heavy atom. The Bertz CT molecular complexity index is 791. The van der Waals surface area contributed by atoms with Gasteiger partial charge in [-0.2, -0.15) is 0 Å². The zero-order chi connectivity index (χ0) is 24.0. The minimum Gasteiger partial charge on any atom is -0.463 e. The summed E-state index contributed by atoms with van der Waals surface area (Å²) in [6.45, 7) is 16.5. The lowest BCUT2D eigenvalue weighted by molar-refractivity contribution is -0.150. The van der Waals surface area contributed by atoms with Crippen LogP contribution in [0.2, 0.25) is 0 Å². The van der Waals surface area contributed by atoms with Gasteiger partial charge in [0, 0.05) is 6.92 Å². The van der Waals surface area contributed by atoms with Crippen molar-refractivity contribution in [2.45, 2.75) is 119 Å². The normalized spacial score (nSPS) is 39.6. The number of allylic oxidation sites excluding steroid dienone is 4. The van der Waals surface area contributed by atoms with Gasteiger partial charge in [-0.15, -0.1) is 0 Å². The van der Waals surface area contributed by atoms with Gasteiger partial charge in [0.25, 0.3) is 0 Å². The fourth-order valence-corrected chi connectivity index (χ4v) is 8.81. The Kier molecular flexibility index (Phi) is 7.24. The van der Waals surface area contributed by atoms with Crippen LogP contribution in [0.4, 0.5) is 0 Å². The molecule has 0 heterocycles. The Morgan fingerprint density at radius 1 is 1.12 bits per heavy atom. The summed E-state index contributed by atoms with van der Waals surface area (Å²) in [5.41, 5.74) is 4.11. The van der Waals surface area contributed by atoms with Crippen LogP contribution in [0.3, 0.4) is 0 Å². The molecule has 2 nitrogen and oxygen atoms in total. The first-order valence-electron chi connectivity index (χ1n) is 14.2. The maximum atomic E-state index is 11.5. The number of ether oxygens (including phenoxy) is 1. The first-order valence-corrected chi connectivity index (χ1v) is 14.2. The quantitative estimate of drug-likeness (QED) is 0.360. The van der Waals surface area contributed by atoms with Crippen LogP contribution in [0.25, 0.3) is 0 Å². The smallest absolute Gasteiger partial charge is 0.302 e. The first kappa shape index (κ1) is 25.1. The van der Waals surface area contributed by atoms with Crippen molar-refractivity contribution in [3.8, 4) is 0 Å². The highest BCUT2D eigenvalue weighted by atomic mass is 16.5. The van der Waals surface area contributed by atoms with Gasteiger partial charge in [-0.05, 0) is 109 Å². The van der Waals surface area contributed by atoms with Crippen molar-refractivity contribution in [2.75, 3.05) is 0 Å². The van der Waals surface area contributed by atoms with Crippen LogP contribution in [0.1, 0.15) is 113 Å². The van der Waals surface area contributed by atoms with E-state index in [0.29, 0.717) is 11.3 Å². The van der Waals surface area contributed by atoms with Crippen LogP contribution < -0.4 is 0 Å². The topological polar surface area (TPSA) is 26.3 Å². The SMILES string of the molecule is CCC(CCC(C)C1CCC2C3=CCC4CC(OC(C)=O)CCC4(C)C3=CCC21C)C(C)C. The lowest BCUT2D eigenvalue weighted by Gasteiger charge is -2.53. The van der Waals surface area contributed by atoms with E-state index < -0.39 is 0 Å². The third-order valence-electron chi connectivity index (χ3n) is 11.0. The average molecular weight is 455 g/mol. The second-order valence-electron chi connectivity index (χ2n) is 13.0. The molecule has 186 valence electrons. The molecule has 0 aromatic carbocycles. The van der Waals surface area contributed by atoms with Crippen LogP contribution in [0, 0.1) is 46.3 Å². The number of hydrogen-bond donors (Lipinski definition) is 0. The predicted octanol–water partition coefficient (Wildman–Crippen LogP) is 8.52. The zero-order valence-corrected chi connectivity index (χ0v) is 22.6. The lowest BCUT2D eigenvalue weighted by atomic mass is 9.51. The molecule has 0 bridgehead atoms. The molecule has 0 spiro atoms. The number of esters is 1. The highest BCUT2D eigenvalue weighted by molar-refractivity contribution is 5.66. The summed E-state index contributed by atoms with van der Waals surface area (Å²) >= 11 is 0. The second-order valence-corrected chi connectivity index (χ2v) is 13.0. The molecular formula is C31H50O2. The molecule has 2 heteroatoms. The minimum absolute atomic E-state index is 0.118. The predicted molar refractivity (Wildman–Crippen MR) is 138 cm³/mol. The van der Waals surface area contributed by atoms with Gasteiger partial charge >= 0.3 is 5.97 Å². The third kappa shape index (κ3) is 4.50. The molecule has 0 amide bonds. The van der Waals surface area contributed by atoms with Gasteiger partial charge in [-0.3, -0.25) is 4.79 Å². The van der Waals surface area contributed by atoms with Crippen molar-refractivity contribution in [2.24, 2.45) is 46.3 Å². The summed E-state index contributed by atoms with van der Waals surface area (Å²) < 4.78 is 5.63. The van der Waals surface area contributed by atoms with E-state index in [1.165, 1.54) is 44.9 Å². The Labute approximate surface area is 204 Å². The molecule has 33 heavy (non-hydrogen) atoms. The summed E-state index contributed by atoms with van der Waals surface area (Å²) in [5, 5.41) is 0. The van der Waals surface area contributed by atoms with Crippen LogP contribution in [0.5, 0.6) is 0 Å². The van der Waals surface area contributed by atoms with Gasteiger partial charge < -0.3 is 4.74 Å². The van der Waals surface area contributed by atoms with E-state index in [0.717, 1.165) is 48.9 Å². The van der Waals surface area contributed by atoms with Crippen LogP contribution in [0.15, 0.2) is 23.3 Å². The molecule has 8 atom stereocenters. The fraction of sp³-hybridized carbons (Fsp3) is 0.839.